The second-order valence-electron chi connectivity index (χ2n) is 3.05. The molecule has 0 fully saturated rings. The lowest BCUT2D eigenvalue weighted by Gasteiger charge is -2.06. The minimum Gasteiger partial charge on any atom is -0.423 e. The fraction of sp³-hybridized carbons (Fsp3) is 0.200. The molecule has 0 aliphatic carbocycles. The Bertz CT molecular complexity index is 510. The molecule has 0 unspecified atom stereocenters. The monoisotopic (exact) mass is 310 g/mol. The van der Waals surface area contributed by atoms with Crippen LogP contribution in [0.3, 0.4) is 0 Å². The van der Waals surface area contributed by atoms with E-state index in [1.807, 2.05) is 0 Å². The highest BCUT2D eigenvalue weighted by molar-refractivity contribution is 8.09. The molecule has 0 heterocycles. The van der Waals surface area contributed by atoms with Gasteiger partial charge in [-0.3, -0.25) is 14.1 Å². The summed E-state index contributed by atoms with van der Waals surface area (Å²) in [6.07, 6.45) is 0. The number of hydrogen-bond acceptors (Lipinski definition) is 6. The average Bonchev–Trinajstić information content (AvgIpc) is 2.16. The molecular formula is C10H11ClO7S. The van der Waals surface area contributed by atoms with Crippen LogP contribution in [0.15, 0.2) is 24.3 Å². The second-order valence-corrected chi connectivity index (χ2v) is 5.04. The normalized spacial score (nSPS) is 9.89. The van der Waals surface area contributed by atoms with Crippen molar-refractivity contribution in [1.82, 2.24) is 0 Å². The lowest BCUT2D eigenvalue weighted by Crippen LogP contribution is -2.06. The van der Waals surface area contributed by atoms with Crippen LogP contribution in [0.25, 0.3) is 0 Å². The highest BCUT2D eigenvalue weighted by Gasteiger charge is 2.07. The first-order valence-corrected chi connectivity index (χ1v) is 6.99. The smallest absolute Gasteiger partial charge is 0.353 e. The van der Waals surface area contributed by atoms with E-state index in [0.29, 0.717) is 0 Å². The third-order valence-electron chi connectivity index (χ3n) is 1.36. The van der Waals surface area contributed by atoms with Crippen LogP contribution in [0.1, 0.15) is 13.8 Å². The molecule has 106 valence electrons. The van der Waals surface area contributed by atoms with Gasteiger partial charge in [-0.05, 0) is 12.1 Å². The molecule has 1 rings (SSSR count). The van der Waals surface area contributed by atoms with Gasteiger partial charge in [0.2, 0.25) is 0 Å². The van der Waals surface area contributed by atoms with Crippen molar-refractivity contribution in [2.45, 2.75) is 13.8 Å². The van der Waals surface area contributed by atoms with Crippen LogP contribution in [0.5, 0.6) is 11.5 Å². The zero-order chi connectivity index (χ0) is 15.1. The van der Waals surface area contributed by atoms with Crippen molar-refractivity contribution in [2.24, 2.45) is 0 Å². The zero-order valence-electron chi connectivity index (χ0n) is 9.99. The third kappa shape index (κ3) is 11.2. The van der Waals surface area contributed by atoms with Crippen LogP contribution in [-0.4, -0.2) is 24.9 Å². The fourth-order valence-electron chi connectivity index (χ4n) is 0.928. The summed E-state index contributed by atoms with van der Waals surface area (Å²) in [5, 5.41) is 0. The van der Waals surface area contributed by atoms with Gasteiger partial charge in [-0.1, -0.05) is 12.1 Å². The van der Waals surface area contributed by atoms with Crippen molar-refractivity contribution in [3.8, 4) is 11.5 Å². The van der Waals surface area contributed by atoms with Gasteiger partial charge < -0.3 is 9.47 Å². The molecule has 0 saturated carbocycles. The number of benzene rings is 1. The van der Waals surface area contributed by atoms with Crippen molar-refractivity contribution in [3.63, 3.8) is 0 Å². The van der Waals surface area contributed by atoms with E-state index in [2.05, 4.69) is 10.7 Å². The molecule has 0 atom stereocenters. The summed E-state index contributed by atoms with van der Waals surface area (Å²) in [7, 11) is -0.137. The predicted molar refractivity (Wildman–Crippen MR) is 66.5 cm³/mol. The van der Waals surface area contributed by atoms with E-state index in [9.17, 15) is 9.59 Å². The molecule has 0 aromatic heterocycles. The Morgan fingerprint density at radius 2 is 1.32 bits per heavy atom. The summed E-state index contributed by atoms with van der Waals surface area (Å²) in [5.41, 5.74) is 0. The number of para-hydroxylation sites is 2. The maximum Gasteiger partial charge on any atom is 0.353 e. The Kier molecular flexibility index (Phi) is 7.05. The third-order valence-corrected chi connectivity index (χ3v) is 1.36. The van der Waals surface area contributed by atoms with Crippen molar-refractivity contribution in [3.05, 3.63) is 24.3 Å². The molecule has 7 nitrogen and oxygen atoms in total. The van der Waals surface area contributed by atoms with E-state index in [4.69, 9.17) is 22.4 Å². The lowest BCUT2D eigenvalue weighted by atomic mass is 10.3. The molecular weight excluding hydrogens is 300 g/mol. The molecule has 0 aliphatic rings. The van der Waals surface area contributed by atoms with Crippen molar-refractivity contribution < 1.29 is 32.0 Å². The minimum atomic E-state index is -4.19. The van der Waals surface area contributed by atoms with Gasteiger partial charge in [0.1, 0.15) is 0 Å². The van der Waals surface area contributed by atoms with Gasteiger partial charge in [-0.2, -0.15) is 8.42 Å². The van der Waals surface area contributed by atoms with Crippen LogP contribution >= 0.6 is 10.7 Å². The van der Waals surface area contributed by atoms with Crippen molar-refractivity contribution in [1.29, 1.82) is 0 Å². The fourth-order valence-corrected chi connectivity index (χ4v) is 0.928. The second kappa shape index (κ2) is 7.72. The van der Waals surface area contributed by atoms with E-state index in [0.717, 1.165) is 0 Å². The highest BCUT2D eigenvalue weighted by Crippen LogP contribution is 2.26. The van der Waals surface area contributed by atoms with Crippen LogP contribution in [0, 0.1) is 0 Å². The van der Waals surface area contributed by atoms with E-state index in [-0.39, 0.29) is 11.5 Å². The molecule has 0 saturated heterocycles. The Hall–Kier alpha value is -1.64. The molecule has 0 amide bonds. The van der Waals surface area contributed by atoms with Gasteiger partial charge in [0.05, 0.1) is 0 Å². The minimum absolute atomic E-state index is 0.246. The topological polar surface area (TPSA) is 107 Å². The zero-order valence-corrected chi connectivity index (χ0v) is 11.6. The number of ether oxygens (including phenoxy) is 2. The first kappa shape index (κ1) is 17.4. The predicted octanol–water partition coefficient (Wildman–Crippen LogP) is 1.57. The van der Waals surface area contributed by atoms with Crippen LogP contribution in [0.4, 0.5) is 0 Å². The number of hydrogen-bond donors (Lipinski definition) is 1. The Labute approximate surface area is 114 Å². The first-order valence-electron chi connectivity index (χ1n) is 4.72. The summed E-state index contributed by atoms with van der Waals surface area (Å²) >= 11 is 0. The molecule has 1 aromatic rings. The first-order chi connectivity index (χ1) is 8.59. The molecule has 1 N–H and O–H groups in total. The average molecular weight is 311 g/mol. The molecule has 9 heteroatoms. The van der Waals surface area contributed by atoms with Gasteiger partial charge in [0.15, 0.2) is 11.5 Å². The highest BCUT2D eigenvalue weighted by atomic mass is 35.7. The molecule has 1 aromatic carbocycles. The van der Waals surface area contributed by atoms with Gasteiger partial charge in [0.25, 0.3) is 0 Å². The van der Waals surface area contributed by atoms with E-state index >= 15 is 0 Å². The van der Waals surface area contributed by atoms with E-state index in [1.54, 1.807) is 24.3 Å². The number of rotatable bonds is 2. The van der Waals surface area contributed by atoms with Crippen molar-refractivity contribution >= 4 is 32.0 Å². The maximum atomic E-state index is 10.7. The van der Waals surface area contributed by atoms with Gasteiger partial charge >= 0.3 is 21.3 Å². The van der Waals surface area contributed by atoms with Crippen LogP contribution in [-0.2, 0) is 18.9 Å². The Balaban J connectivity index is 0.000000555. The van der Waals surface area contributed by atoms with Crippen LogP contribution < -0.4 is 9.47 Å². The lowest BCUT2D eigenvalue weighted by molar-refractivity contribution is -0.134. The quantitative estimate of drug-likeness (QED) is 0.382. The maximum absolute atomic E-state index is 10.7. The van der Waals surface area contributed by atoms with Gasteiger partial charge in [0, 0.05) is 24.5 Å². The molecule has 0 radical (unpaired) electrons. The van der Waals surface area contributed by atoms with E-state index < -0.39 is 21.3 Å². The summed E-state index contributed by atoms with van der Waals surface area (Å²) in [6, 6.07) is 6.48. The summed E-state index contributed by atoms with van der Waals surface area (Å²) in [5.74, 6) is -0.417. The number of carbonyl (C=O) groups excluding carboxylic acids is 2. The summed E-state index contributed by atoms with van der Waals surface area (Å²) in [4.78, 5) is 21.4. The standard InChI is InChI=1S/C10H10O4.ClHO3S/c1-7(11)13-9-5-3-4-6-10(9)14-8(2)12;1-5(2,3)4/h3-6H,1-2H3;(H,2,3,4). The number of esters is 2. The molecule has 19 heavy (non-hydrogen) atoms. The van der Waals surface area contributed by atoms with Gasteiger partial charge in [-0.15, -0.1) is 0 Å². The summed E-state index contributed by atoms with van der Waals surface area (Å²) < 4.78 is 34.8. The summed E-state index contributed by atoms with van der Waals surface area (Å²) in [6.45, 7) is 2.56. The van der Waals surface area contributed by atoms with Crippen molar-refractivity contribution in [2.75, 3.05) is 0 Å². The Morgan fingerprint density at radius 1 is 1.05 bits per heavy atom. The number of halogens is 1. The van der Waals surface area contributed by atoms with Gasteiger partial charge in [-0.25, -0.2) is 0 Å². The molecule has 0 aliphatic heterocycles. The number of carbonyl (C=O) groups is 2. The van der Waals surface area contributed by atoms with Crippen LogP contribution in [0.2, 0.25) is 0 Å². The SMILES string of the molecule is CC(=O)Oc1ccccc1OC(C)=O.O=S(=O)(O)Cl. The van der Waals surface area contributed by atoms with E-state index in [1.165, 1.54) is 13.8 Å². The molecule has 0 bridgehead atoms. The molecule has 0 spiro atoms. The largest absolute Gasteiger partial charge is 0.423 e. The Morgan fingerprint density at radius 3 is 1.53 bits per heavy atom.